The molecule has 0 bridgehead atoms. The number of nitro groups is 1. The molecular formula is C17H14KN6O8S2. The number of rotatable bonds is 7. The fourth-order valence-corrected chi connectivity index (χ4v) is 4.14. The van der Waals surface area contributed by atoms with Crippen molar-refractivity contribution in [3.05, 3.63) is 64.7 Å². The molecule has 1 aromatic heterocycles. The van der Waals surface area contributed by atoms with Crippen molar-refractivity contribution in [2.24, 2.45) is 10.2 Å². The second-order valence-electron chi connectivity index (χ2n) is 6.29. The van der Waals surface area contributed by atoms with Crippen LogP contribution in [0.1, 0.15) is 0 Å². The predicted molar refractivity (Wildman–Crippen MR) is 120 cm³/mol. The number of sulfonamides is 1. The van der Waals surface area contributed by atoms with Gasteiger partial charge in [-0.1, -0.05) is 6.07 Å². The van der Waals surface area contributed by atoms with Crippen LogP contribution in [-0.4, -0.2) is 87.8 Å². The molecule has 0 aliphatic carbocycles. The van der Waals surface area contributed by atoms with Crippen molar-refractivity contribution in [2.45, 2.75) is 9.79 Å². The van der Waals surface area contributed by atoms with E-state index in [0.29, 0.717) is 6.07 Å². The van der Waals surface area contributed by atoms with Crippen LogP contribution in [0.5, 0.6) is 5.75 Å². The summed E-state index contributed by atoms with van der Waals surface area (Å²) < 4.78 is 59.4. The Labute approximate surface area is 235 Å². The average Bonchev–Trinajstić information content (AvgIpc) is 2.74. The van der Waals surface area contributed by atoms with Crippen LogP contribution in [-0.2, 0) is 20.1 Å². The molecule has 2 aromatic carbocycles. The van der Waals surface area contributed by atoms with Crippen molar-refractivity contribution in [1.82, 2.24) is 4.98 Å². The molecule has 173 valence electrons. The Morgan fingerprint density at radius 1 is 1.00 bits per heavy atom. The minimum Gasteiger partial charge on any atom is -0.504 e. The second kappa shape index (κ2) is 10.8. The third-order valence-electron chi connectivity index (χ3n) is 4.00. The van der Waals surface area contributed by atoms with E-state index in [0.717, 1.165) is 36.4 Å². The Morgan fingerprint density at radius 2 is 1.68 bits per heavy atom. The van der Waals surface area contributed by atoms with E-state index in [2.05, 4.69) is 19.9 Å². The van der Waals surface area contributed by atoms with Gasteiger partial charge in [0.2, 0.25) is 0 Å². The molecule has 0 unspecified atom stereocenters. The van der Waals surface area contributed by atoms with Crippen LogP contribution < -0.4 is 10.5 Å². The number of nitrogens with two attached hydrogens (primary N) is 1. The molecule has 0 saturated carbocycles. The SMILES string of the molecule is Nc1nc(N=Nc2ccc([N+](=O)[O-])cc2NS(=O)(=O)c2cccc(S(=O)(=O)O)c2)ccc1O.[K]. The van der Waals surface area contributed by atoms with Crippen LogP contribution in [0.3, 0.4) is 0 Å². The zero-order valence-corrected chi connectivity index (χ0v) is 22.0. The Kier molecular flexibility index (Phi) is 8.83. The summed E-state index contributed by atoms with van der Waals surface area (Å²) in [5.74, 6) is -0.557. The zero-order valence-electron chi connectivity index (χ0n) is 17.2. The van der Waals surface area contributed by atoms with Gasteiger partial charge in [-0.2, -0.15) is 8.42 Å². The van der Waals surface area contributed by atoms with E-state index in [1.54, 1.807) is 0 Å². The number of nitro benzene ring substituents is 1. The smallest absolute Gasteiger partial charge is 0.294 e. The standard InChI is InChI=1S/C17H14N6O8S2.K/c18-17-15(24)6-7-16(19-17)21-20-13-5-4-10(23(25)26)8-14(13)22-32(27,28)11-2-1-3-12(9-11)33(29,30)31;/h1-9,22,24H,(H2,18,19)(H,29,30,31);. The van der Waals surface area contributed by atoms with Gasteiger partial charge in [-0.3, -0.25) is 19.4 Å². The van der Waals surface area contributed by atoms with Gasteiger partial charge in [0.1, 0.15) is 5.69 Å². The number of hydrogen-bond acceptors (Lipinski definition) is 11. The van der Waals surface area contributed by atoms with Crippen molar-refractivity contribution in [3.8, 4) is 5.75 Å². The molecule has 14 nitrogen and oxygen atoms in total. The number of aromatic nitrogens is 1. The van der Waals surface area contributed by atoms with E-state index in [9.17, 15) is 32.1 Å². The minimum atomic E-state index is -4.68. The Bertz CT molecular complexity index is 1500. The Morgan fingerprint density at radius 3 is 2.29 bits per heavy atom. The van der Waals surface area contributed by atoms with Gasteiger partial charge in [-0.15, -0.1) is 10.2 Å². The number of hydrogen-bond donors (Lipinski definition) is 4. The number of azo groups is 1. The van der Waals surface area contributed by atoms with E-state index in [1.807, 2.05) is 0 Å². The number of anilines is 2. The first-order valence-electron chi connectivity index (χ1n) is 8.63. The zero-order chi connectivity index (χ0) is 24.4. The van der Waals surface area contributed by atoms with Crippen molar-refractivity contribution in [3.63, 3.8) is 0 Å². The van der Waals surface area contributed by atoms with Gasteiger partial charge in [0.25, 0.3) is 25.8 Å². The number of nitrogens with zero attached hydrogens (tertiary/aromatic N) is 4. The van der Waals surface area contributed by atoms with Gasteiger partial charge < -0.3 is 10.8 Å². The quantitative estimate of drug-likeness (QED) is 0.114. The number of nitrogen functional groups attached to an aromatic ring is 1. The Balaban J connectivity index is 0.00000408. The molecule has 0 aliphatic heterocycles. The normalized spacial score (nSPS) is 11.7. The molecule has 5 N–H and O–H groups in total. The third kappa shape index (κ3) is 6.76. The molecule has 3 rings (SSSR count). The summed E-state index contributed by atoms with van der Waals surface area (Å²) in [7, 11) is -9.16. The van der Waals surface area contributed by atoms with E-state index >= 15 is 0 Å². The van der Waals surface area contributed by atoms with Crippen molar-refractivity contribution < 1.29 is 31.4 Å². The average molecular weight is 534 g/mol. The minimum absolute atomic E-state index is 0. The van der Waals surface area contributed by atoms with Crippen LogP contribution in [0.25, 0.3) is 0 Å². The van der Waals surface area contributed by atoms with Gasteiger partial charge in [0, 0.05) is 63.5 Å². The van der Waals surface area contributed by atoms with Gasteiger partial charge in [0.15, 0.2) is 17.4 Å². The van der Waals surface area contributed by atoms with E-state index in [4.69, 9.17) is 10.3 Å². The molecule has 0 spiro atoms. The summed E-state index contributed by atoms with van der Waals surface area (Å²) in [6.07, 6.45) is 0. The summed E-state index contributed by atoms with van der Waals surface area (Å²) >= 11 is 0. The molecule has 0 atom stereocenters. The fraction of sp³-hybridized carbons (Fsp3) is 0. The molecule has 0 aliphatic rings. The molecule has 3 aromatic rings. The van der Waals surface area contributed by atoms with Crippen molar-refractivity contribution in [1.29, 1.82) is 0 Å². The molecule has 34 heavy (non-hydrogen) atoms. The largest absolute Gasteiger partial charge is 0.504 e. The number of aromatic hydroxyl groups is 1. The summed E-state index contributed by atoms with van der Waals surface area (Å²) in [6.45, 7) is 0. The first-order chi connectivity index (χ1) is 15.4. The van der Waals surface area contributed by atoms with E-state index in [1.165, 1.54) is 12.1 Å². The van der Waals surface area contributed by atoms with E-state index in [-0.39, 0.29) is 80.1 Å². The van der Waals surface area contributed by atoms with Crippen LogP contribution in [0, 0.1) is 10.1 Å². The molecule has 1 heterocycles. The number of nitrogens with one attached hydrogen (secondary N) is 1. The van der Waals surface area contributed by atoms with Crippen LogP contribution in [0.15, 0.2) is 74.6 Å². The molecule has 17 heteroatoms. The summed E-state index contributed by atoms with van der Waals surface area (Å²) in [6, 6.07) is 9.38. The third-order valence-corrected chi connectivity index (χ3v) is 6.21. The maximum Gasteiger partial charge on any atom is 0.294 e. The molecule has 0 saturated heterocycles. The van der Waals surface area contributed by atoms with Crippen molar-refractivity contribution >= 4 is 100 Å². The van der Waals surface area contributed by atoms with Gasteiger partial charge in [-0.05, 0) is 36.4 Å². The van der Waals surface area contributed by atoms with Crippen LogP contribution >= 0.6 is 0 Å². The summed E-state index contributed by atoms with van der Waals surface area (Å²) in [5, 5.41) is 28.1. The molecule has 1 radical (unpaired) electrons. The maximum atomic E-state index is 12.8. The number of non-ortho nitro benzene ring substituents is 1. The van der Waals surface area contributed by atoms with Crippen LogP contribution in [0.2, 0.25) is 0 Å². The topological polar surface area (TPSA) is 228 Å². The fourth-order valence-electron chi connectivity index (χ4n) is 2.43. The Hall–Kier alpha value is -2.51. The monoisotopic (exact) mass is 533 g/mol. The molecule has 0 fully saturated rings. The summed E-state index contributed by atoms with van der Waals surface area (Å²) in [4.78, 5) is 12.9. The van der Waals surface area contributed by atoms with Gasteiger partial charge in [-0.25, -0.2) is 13.4 Å². The van der Waals surface area contributed by atoms with Gasteiger partial charge in [0.05, 0.1) is 20.4 Å². The first kappa shape index (κ1) is 27.7. The van der Waals surface area contributed by atoms with E-state index < -0.39 is 40.5 Å². The molecular weight excluding hydrogens is 519 g/mol. The second-order valence-corrected chi connectivity index (χ2v) is 9.39. The first-order valence-corrected chi connectivity index (χ1v) is 11.6. The summed E-state index contributed by atoms with van der Waals surface area (Å²) in [5.41, 5.74) is 4.51. The predicted octanol–water partition coefficient (Wildman–Crippen LogP) is 2.36. The van der Waals surface area contributed by atoms with Gasteiger partial charge >= 0.3 is 0 Å². The van der Waals surface area contributed by atoms with Crippen molar-refractivity contribution in [2.75, 3.05) is 10.5 Å². The van der Waals surface area contributed by atoms with Crippen LogP contribution in [0.4, 0.5) is 28.7 Å². The molecule has 0 amide bonds. The number of benzene rings is 2. The maximum absolute atomic E-state index is 12.8. The number of pyridine rings is 1.